The molecule has 0 saturated carbocycles. The van der Waals surface area contributed by atoms with E-state index in [9.17, 15) is 9.59 Å². The molecule has 7 nitrogen and oxygen atoms in total. The van der Waals surface area contributed by atoms with Crippen LogP contribution in [0.15, 0.2) is 18.2 Å². The molecule has 1 heterocycles. The second kappa shape index (κ2) is 8.71. The van der Waals surface area contributed by atoms with Crippen molar-refractivity contribution in [1.82, 2.24) is 10.2 Å². The highest BCUT2D eigenvalue weighted by Crippen LogP contribution is 2.30. The summed E-state index contributed by atoms with van der Waals surface area (Å²) in [6.45, 7) is 5.97. The zero-order valence-corrected chi connectivity index (χ0v) is 15.4. The number of likely N-dealkylation sites (N-methyl/N-ethyl adjacent to an activating group) is 2. The molecule has 0 bridgehead atoms. The maximum atomic E-state index is 12.4. The van der Waals surface area contributed by atoms with E-state index in [-0.39, 0.29) is 30.9 Å². The summed E-state index contributed by atoms with van der Waals surface area (Å²) < 4.78 is 11.1. The van der Waals surface area contributed by atoms with E-state index in [1.165, 1.54) is 0 Å². The van der Waals surface area contributed by atoms with Gasteiger partial charge < -0.3 is 24.6 Å². The summed E-state index contributed by atoms with van der Waals surface area (Å²) in [6, 6.07) is 5.82. The second-order valence-corrected chi connectivity index (χ2v) is 6.76. The normalized spacial score (nSPS) is 14.1. The van der Waals surface area contributed by atoms with Crippen molar-refractivity contribution in [2.24, 2.45) is 0 Å². The van der Waals surface area contributed by atoms with E-state index < -0.39 is 0 Å². The second-order valence-electron chi connectivity index (χ2n) is 6.76. The lowest BCUT2D eigenvalue weighted by Gasteiger charge is -2.22. The van der Waals surface area contributed by atoms with E-state index >= 15 is 0 Å². The monoisotopic (exact) mass is 350 g/mol. The first-order chi connectivity index (χ1) is 11.8. The molecule has 2 rings (SSSR count). The standard InChI is InChI=1S/C18H27N3O4/c1-13(2)19-17(22)11-20(3)12-18(23)21(4)10-14-5-6-15-16(9-14)25-8-7-24-15/h5-6,9,13H,7-8,10-12H2,1-4H3,(H,19,22)/p+1. The van der Waals surface area contributed by atoms with Crippen LogP contribution < -0.4 is 19.7 Å². The molecule has 0 aromatic heterocycles. The zero-order valence-electron chi connectivity index (χ0n) is 15.4. The van der Waals surface area contributed by atoms with E-state index in [0.717, 1.165) is 22.0 Å². The summed E-state index contributed by atoms with van der Waals surface area (Å²) in [5, 5.41) is 2.83. The number of rotatable bonds is 7. The van der Waals surface area contributed by atoms with Crippen LogP contribution in [0.5, 0.6) is 11.5 Å². The minimum Gasteiger partial charge on any atom is -0.486 e. The van der Waals surface area contributed by atoms with E-state index in [4.69, 9.17) is 9.47 Å². The van der Waals surface area contributed by atoms with Gasteiger partial charge in [0.25, 0.3) is 11.8 Å². The maximum Gasteiger partial charge on any atom is 0.277 e. The molecule has 25 heavy (non-hydrogen) atoms. The number of amides is 2. The Morgan fingerprint density at radius 2 is 1.88 bits per heavy atom. The molecule has 1 aromatic rings. The van der Waals surface area contributed by atoms with Crippen LogP contribution in [0.2, 0.25) is 0 Å². The van der Waals surface area contributed by atoms with Crippen LogP contribution in [0.4, 0.5) is 0 Å². The number of carbonyl (C=O) groups excluding carboxylic acids is 2. The summed E-state index contributed by atoms with van der Waals surface area (Å²) in [6.07, 6.45) is 0. The third-order valence-corrected chi connectivity index (χ3v) is 3.82. The van der Waals surface area contributed by atoms with Crippen LogP contribution in [-0.4, -0.2) is 63.2 Å². The molecule has 1 aromatic carbocycles. The van der Waals surface area contributed by atoms with Crippen molar-refractivity contribution in [3.63, 3.8) is 0 Å². The average Bonchev–Trinajstić information content (AvgIpc) is 2.53. The fraction of sp³-hybridized carbons (Fsp3) is 0.556. The van der Waals surface area contributed by atoms with Gasteiger partial charge in [-0.3, -0.25) is 9.59 Å². The molecule has 2 N–H and O–H groups in total. The van der Waals surface area contributed by atoms with Crippen molar-refractivity contribution in [2.45, 2.75) is 26.4 Å². The minimum absolute atomic E-state index is 0.00950. The van der Waals surface area contributed by atoms with Crippen molar-refractivity contribution in [1.29, 1.82) is 0 Å². The molecule has 1 unspecified atom stereocenters. The van der Waals surface area contributed by atoms with Crippen LogP contribution in [0, 0.1) is 0 Å². The number of carbonyl (C=O) groups is 2. The Labute approximate surface area is 148 Å². The number of fused-ring (bicyclic) bond motifs is 1. The molecule has 7 heteroatoms. The van der Waals surface area contributed by atoms with Gasteiger partial charge in [-0.15, -0.1) is 0 Å². The average molecular weight is 350 g/mol. The van der Waals surface area contributed by atoms with Gasteiger partial charge in [-0.2, -0.15) is 0 Å². The third kappa shape index (κ3) is 5.94. The lowest BCUT2D eigenvalue weighted by atomic mass is 10.2. The van der Waals surface area contributed by atoms with Gasteiger partial charge >= 0.3 is 0 Å². The van der Waals surface area contributed by atoms with Gasteiger partial charge in [-0.25, -0.2) is 0 Å². The molecular weight excluding hydrogens is 322 g/mol. The van der Waals surface area contributed by atoms with Gasteiger partial charge in [0.2, 0.25) is 0 Å². The zero-order chi connectivity index (χ0) is 18.4. The van der Waals surface area contributed by atoms with Crippen LogP contribution >= 0.6 is 0 Å². The van der Waals surface area contributed by atoms with Gasteiger partial charge in [-0.05, 0) is 31.5 Å². The van der Waals surface area contributed by atoms with Crippen LogP contribution in [-0.2, 0) is 16.1 Å². The maximum absolute atomic E-state index is 12.4. The molecule has 0 fully saturated rings. The predicted molar refractivity (Wildman–Crippen MR) is 93.8 cm³/mol. The van der Waals surface area contributed by atoms with Crippen LogP contribution in [0.1, 0.15) is 19.4 Å². The van der Waals surface area contributed by atoms with Crippen molar-refractivity contribution < 1.29 is 24.0 Å². The quantitative estimate of drug-likeness (QED) is 0.693. The van der Waals surface area contributed by atoms with Crippen molar-refractivity contribution in [3.8, 4) is 11.5 Å². The Balaban J connectivity index is 1.84. The molecular formula is C18H28N3O4+. The number of nitrogens with one attached hydrogen (secondary N) is 2. The highest BCUT2D eigenvalue weighted by molar-refractivity contribution is 5.79. The Kier molecular flexibility index (Phi) is 6.64. The molecule has 0 spiro atoms. The Morgan fingerprint density at radius 3 is 2.56 bits per heavy atom. The number of hydrogen-bond donors (Lipinski definition) is 2. The predicted octanol–water partition coefficient (Wildman–Crippen LogP) is -0.544. The van der Waals surface area contributed by atoms with Gasteiger partial charge in [0.1, 0.15) is 13.2 Å². The summed E-state index contributed by atoms with van der Waals surface area (Å²) in [5.41, 5.74) is 0.982. The fourth-order valence-electron chi connectivity index (χ4n) is 2.65. The smallest absolute Gasteiger partial charge is 0.277 e. The molecule has 1 aliphatic heterocycles. The molecule has 1 aliphatic rings. The number of hydrogen-bond acceptors (Lipinski definition) is 4. The lowest BCUT2D eigenvalue weighted by Crippen LogP contribution is -3.11. The van der Waals surface area contributed by atoms with E-state index in [0.29, 0.717) is 19.8 Å². The van der Waals surface area contributed by atoms with Gasteiger partial charge in [0, 0.05) is 19.6 Å². The first-order valence-corrected chi connectivity index (χ1v) is 8.58. The summed E-state index contributed by atoms with van der Waals surface area (Å²) in [5.74, 6) is 1.40. The number of nitrogens with zero attached hydrogens (tertiary/aromatic N) is 1. The Bertz CT molecular complexity index is 618. The first kappa shape index (κ1) is 19.1. The molecule has 138 valence electrons. The minimum atomic E-state index is -0.0465. The molecule has 0 saturated heterocycles. The Morgan fingerprint density at radius 1 is 1.20 bits per heavy atom. The van der Waals surface area contributed by atoms with Crippen LogP contribution in [0.25, 0.3) is 0 Å². The topological polar surface area (TPSA) is 72.3 Å². The largest absolute Gasteiger partial charge is 0.486 e. The third-order valence-electron chi connectivity index (χ3n) is 3.82. The highest BCUT2D eigenvalue weighted by atomic mass is 16.6. The van der Waals surface area contributed by atoms with Crippen molar-refractivity contribution in [2.75, 3.05) is 40.4 Å². The summed E-state index contributed by atoms with van der Waals surface area (Å²) >= 11 is 0. The first-order valence-electron chi connectivity index (χ1n) is 8.58. The summed E-state index contributed by atoms with van der Waals surface area (Å²) in [7, 11) is 3.61. The lowest BCUT2D eigenvalue weighted by molar-refractivity contribution is -0.863. The fourth-order valence-corrected chi connectivity index (χ4v) is 2.65. The molecule has 0 aliphatic carbocycles. The van der Waals surface area contributed by atoms with Crippen LogP contribution in [0.3, 0.4) is 0 Å². The van der Waals surface area contributed by atoms with Crippen molar-refractivity contribution >= 4 is 11.8 Å². The SMILES string of the molecule is CC(C)NC(=O)C[NH+](C)CC(=O)N(C)Cc1ccc2c(c1)OCCO2. The Hall–Kier alpha value is -2.28. The molecule has 0 radical (unpaired) electrons. The van der Waals surface area contributed by atoms with Gasteiger partial charge in [0.05, 0.1) is 7.05 Å². The number of benzene rings is 1. The molecule has 1 atom stereocenters. The van der Waals surface area contributed by atoms with Gasteiger partial charge in [0.15, 0.2) is 24.6 Å². The van der Waals surface area contributed by atoms with E-state index in [2.05, 4.69) is 5.32 Å². The van der Waals surface area contributed by atoms with Gasteiger partial charge in [-0.1, -0.05) is 6.07 Å². The van der Waals surface area contributed by atoms with Crippen molar-refractivity contribution in [3.05, 3.63) is 23.8 Å². The number of quaternary nitrogens is 1. The highest BCUT2D eigenvalue weighted by Gasteiger charge is 2.19. The summed E-state index contributed by atoms with van der Waals surface area (Å²) in [4.78, 5) is 26.6. The van der Waals surface area contributed by atoms with E-state index in [1.807, 2.05) is 39.1 Å². The number of ether oxygens (including phenoxy) is 2. The molecule has 2 amide bonds. The van der Waals surface area contributed by atoms with E-state index in [1.54, 1.807) is 11.9 Å².